The van der Waals surface area contributed by atoms with Gasteiger partial charge in [0.15, 0.2) is 5.57 Å². The summed E-state index contributed by atoms with van der Waals surface area (Å²) in [5.74, 6) is -1.20. The summed E-state index contributed by atoms with van der Waals surface area (Å²) in [5, 5.41) is 11.3. The molecule has 0 bridgehead atoms. The third kappa shape index (κ3) is 3.61. The third-order valence-corrected chi connectivity index (χ3v) is 1.86. The first-order chi connectivity index (χ1) is 8.19. The molecular formula is C12H11FN2O2. The van der Waals surface area contributed by atoms with E-state index in [4.69, 9.17) is 5.26 Å². The minimum atomic E-state index is -0.737. The number of anilines is 1. The molecule has 88 valence electrons. The lowest BCUT2D eigenvalue weighted by Gasteiger charge is -2.03. The molecule has 1 aromatic carbocycles. The van der Waals surface area contributed by atoms with Crippen LogP contribution < -0.4 is 5.32 Å². The first-order valence-corrected chi connectivity index (χ1v) is 4.97. The second-order valence-electron chi connectivity index (χ2n) is 3.01. The van der Waals surface area contributed by atoms with Gasteiger partial charge >= 0.3 is 5.97 Å². The van der Waals surface area contributed by atoms with E-state index in [9.17, 15) is 9.18 Å². The van der Waals surface area contributed by atoms with Crippen LogP contribution in [0.3, 0.4) is 0 Å². The number of esters is 1. The van der Waals surface area contributed by atoms with E-state index >= 15 is 0 Å². The van der Waals surface area contributed by atoms with Gasteiger partial charge in [0.25, 0.3) is 0 Å². The van der Waals surface area contributed by atoms with Gasteiger partial charge in [0.05, 0.1) is 12.3 Å². The minimum Gasteiger partial charge on any atom is -0.462 e. The Hall–Kier alpha value is -2.35. The second-order valence-corrected chi connectivity index (χ2v) is 3.01. The zero-order chi connectivity index (χ0) is 12.7. The van der Waals surface area contributed by atoms with Crippen LogP contribution in [0.25, 0.3) is 0 Å². The summed E-state index contributed by atoms with van der Waals surface area (Å²) >= 11 is 0. The van der Waals surface area contributed by atoms with E-state index in [0.29, 0.717) is 0 Å². The number of rotatable bonds is 4. The number of hydrogen-bond acceptors (Lipinski definition) is 4. The van der Waals surface area contributed by atoms with Crippen LogP contribution in [0.2, 0.25) is 0 Å². The van der Waals surface area contributed by atoms with Crippen LogP contribution >= 0.6 is 0 Å². The van der Waals surface area contributed by atoms with Gasteiger partial charge in [-0.05, 0) is 19.1 Å². The molecule has 0 saturated heterocycles. The molecule has 17 heavy (non-hydrogen) atoms. The van der Waals surface area contributed by atoms with Gasteiger partial charge in [0.1, 0.15) is 11.9 Å². The lowest BCUT2D eigenvalue weighted by molar-refractivity contribution is -0.138. The van der Waals surface area contributed by atoms with Gasteiger partial charge < -0.3 is 10.1 Å². The SMILES string of the molecule is CCOC(=O)/C(C#N)=C/Nc1ccccc1F. The Labute approximate surface area is 98.3 Å². The summed E-state index contributed by atoms with van der Waals surface area (Å²) in [5.41, 5.74) is -0.0281. The monoisotopic (exact) mass is 234 g/mol. The molecule has 1 rings (SSSR count). The van der Waals surface area contributed by atoms with Crippen LogP contribution in [0.1, 0.15) is 6.92 Å². The average Bonchev–Trinajstić information content (AvgIpc) is 2.32. The lowest BCUT2D eigenvalue weighted by atomic mass is 10.3. The van der Waals surface area contributed by atoms with E-state index < -0.39 is 11.8 Å². The summed E-state index contributed by atoms with van der Waals surface area (Å²) in [6.45, 7) is 1.81. The van der Waals surface area contributed by atoms with E-state index in [2.05, 4.69) is 10.1 Å². The number of halogens is 1. The van der Waals surface area contributed by atoms with Gasteiger partial charge in [-0.3, -0.25) is 0 Å². The fourth-order valence-corrected chi connectivity index (χ4v) is 1.07. The van der Waals surface area contributed by atoms with Crippen molar-refractivity contribution in [2.24, 2.45) is 0 Å². The number of nitrogens with zero attached hydrogens (tertiary/aromatic N) is 1. The molecule has 0 aliphatic carbocycles. The molecule has 0 aromatic heterocycles. The number of carbonyl (C=O) groups excluding carboxylic acids is 1. The zero-order valence-electron chi connectivity index (χ0n) is 9.24. The molecule has 0 radical (unpaired) electrons. The van der Waals surface area contributed by atoms with Crippen LogP contribution in [0.15, 0.2) is 36.0 Å². The van der Waals surface area contributed by atoms with Crippen molar-refractivity contribution in [1.29, 1.82) is 5.26 Å². The van der Waals surface area contributed by atoms with E-state index in [1.54, 1.807) is 25.1 Å². The molecule has 1 aromatic rings. The standard InChI is InChI=1S/C12H11FN2O2/c1-2-17-12(16)9(7-14)8-15-11-6-4-3-5-10(11)13/h3-6,8,15H,2H2,1H3/b9-8+. The van der Waals surface area contributed by atoms with Gasteiger partial charge in [-0.15, -0.1) is 0 Å². The maximum atomic E-state index is 13.2. The van der Waals surface area contributed by atoms with E-state index in [-0.39, 0.29) is 17.9 Å². The maximum Gasteiger partial charge on any atom is 0.350 e. The highest BCUT2D eigenvalue weighted by Crippen LogP contribution is 2.12. The lowest BCUT2D eigenvalue weighted by Crippen LogP contribution is -2.08. The predicted molar refractivity (Wildman–Crippen MR) is 60.4 cm³/mol. The van der Waals surface area contributed by atoms with Crippen molar-refractivity contribution in [3.8, 4) is 6.07 Å². The molecule has 0 atom stereocenters. The van der Waals surface area contributed by atoms with Crippen molar-refractivity contribution >= 4 is 11.7 Å². The van der Waals surface area contributed by atoms with Crippen LogP contribution in [0, 0.1) is 17.1 Å². The maximum absolute atomic E-state index is 13.2. The molecule has 0 unspecified atom stereocenters. The molecule has 5 heteroatoms. The molecule has 0 aliphatic rings. The normalized spacial score (nSPS) is 10.5. The first-order valence-electron chi connectivity index (χ1n) is 4.97. The quantitative estimate of drug-likeness (QED) is 0.493. The molecule has 1 N–H and O–H groups in total. The highest BCUT2D eigenvalue weighted by molar-refractivity contribution is 5.93. The van der Waals surface area contributed by atoms with Gasteiger partial charge in [-0.1, -0.05) is 12.1 Å². The van der Waals surface area contributed by atoms with Gasteiger partial charge in [0.2, 0.25) is 0 Å². The number of nitriles is 1. The molecule has 0 fully saturated rings. The van der Waals surface area contributed by atoms with Gasteiger partial charge in [0, 0.05) is 6.20 Å². The number of hydrogen-bond donors (Lipinski definition) is 1. The molecule has 0 saturated carbocycles. The van der Waals surface area contributed by atoms with Crippen LogP contribution in [-0.2, 0) is 9.53 Å². The Morgan fingerprint density at radius 1 is 1.59 bits per heavy atom. The topological polar surface area (TPSA) is 62.1 Å². The van der Waals surface area contributed by atoms with Crippen molar-refractivity contribution in [3.63, 3.8) is 0 Å². The van der Waals surface area contributed by atoms with Crippen LogP contribution in [0.4, 0.5) is 10.1 Å². The smallest absolute Gasteiger partial charge is 0.350 e. The van der Waals surface area contributed by atoms with Gasteiger partial charge in [-0.2, -0.15) is 5.26 Å². The second kappa shape index (κ2) is 6.28. The van der Waals surface area contributed by atoms with Crippen molar-refractivity contribution in [3.05, 3.63) is 41.9 Å². The summed E-state index contributed by atoms with van der Waals surface area (Å²) in [7, 11) is 0. The van der Waals surface area contributed by atoms with Crippen molar-refractivity contribution in [2.45, 2.75) is 6.92 Å². The number of para-hydroxylation sites is 1. The fourth-order valence-electron chi connectivity index (χ4n) is 1.07. The summed E-state index contributed by atoms with van der Waals surface area (Å²) < 4.78 is 17.9. The number of benzene rings is 1. The van der Waals surface area contributed by atoms with E-state index in [1.807, 2.05) is 0 Å². The number of carbonyl (C=O) groups is 1. The van der Waals surface area contributed by atoms with Crippen molar-refractivity contribution in [1.82, 2.24) is 0 Å². The minimum absolute atomic E-state index is 0.178. The first kappa shape index (κ1) is 12.7. The molecule has 0 spiro atoms. The van der Waals surface area contributed by atoms with Crippen LogP contribution in [0.5, 0.6) is 0 Å². The Kier molecular flexibility index (Phi) is 4.70. The summed E-state index contributed by atoms with van der Waals surface area (Å²) in [6, 6.07) is 7.62. The Morgan fingerprint density at radius 3 is 2.88 bits per heavy atom. The van der Waals surface area contributed by atoms with E-state index in [1.165, 1.54) is 12.1 Å². The van der Waals surface area contributed by atoms with Crippen molar-refractivity contribution < 1.29 is 13.9 Å². The predicted octanol–water partition coefficient (Wildman–Crippen LogP) is 2.21. The summed E-state index contributed by atoms with van der Waals surface area (Å²) in [6.07, 6.45) is 1.12. The Balaban J connectivity index is 2.79. The van der Waals surface area contributed by atoms with Gasteiger partial charge in [-0.25, -0.2) is 9.18 Å². The van der Waals surface area contributed by atoms with E-state index in [0.717, 1.165) is 6.20 Å². The number of nitrogens with one attached hydrogen (secondary N) is 1. The zero-order valence-corrected chi connectivity index (χ0v) is 9.24. The highest BCUT2D eigenvalue weighted by atomic mass is 19.1. The van der Waals surface area contributed by atoms with Crippen molar-refractivity contribution in [2.75, 3.05) is 11.9 Å². The summed E-state index contributed by atoms with van der Waals surface area (Å²) in [4.78, 5) is 11.2. The number of ether oxygens (including phenoxy) is 1. The Bertz CT molecular complexity index is 478. The molecule has 4 nitrogen and oxygen atoms in total. The average molecular weight is 234 g/mol. The molecular weight excluding hydrogens is 223 g/mol. The largest absolute Gasteiger partial charge is 0.462 e. The molecule has 0 aliphatic heterocycles. The highest BCUT2D eigenvalue weighted by Gasteiger charge is 2.09. The Morgan fingerprint density at radius 2 is 2.29 bits per heavy atom. The molecule has 0 amide bonds. The third-order valence-electron chi connectivity index (χ3n) is 1.86. The fraction of sp³-hybridized carbons (Fsp3) is 0.167. The molecule has 0 heterocycles. The van der Waals surface area contributed by atoms with Crippen LogP contribution in [-0.4, -0.2) is 12.6 Å².